The average Bonchev–Trinajstić information content (AvgIpc) is 3.55. The van der Waals surface area contributed by atoms with Crippen molar-refractivity contribution < 1.29 is 69.5 Å². The highest BCUT2D eigenvalue weighted by atomic mass is 16.6. The number of likely N-dealkylation sites (tertiary alicyclic amines) is 2. The molecular formula is C26H48N2O14. The molecule has 246 valence electrons. The minimum absolute atomic E-state index is 0.0270. The van der Waals surface area contributed by atoms with Gasteiger partial charge in [-0.2, -0.15) is 0 Å². The average molecular weight is 613 g/mol. The van der Waals surface area contributed by atoms with Crippen molar-refractivity contribution in [1.29, 1.82) is 0 Å². The lowest BCUT2D eigenvalue weighted by Gasteiger charge is -2.27. The third-order valence-electron chi connectivity index (χ3n) is 5.93. The van der Waals surface area contributed by atoms with E-state index in [1.54, 1.807) is 9.80 Å². The minimum atomic E-state index is -2.36. The van der Waals surface area contributed by atoms with Crippen LogP contribution in [-0.2, 0) is 19.1 Å². The number of amides is 2. The number of carboxylic acid groups (broad SMARTS) is 2. The Morgan fingerprint density at radius 1 is 0.667 bits per heavy atom. The first-order chi connectivity index (χ1) is 19.2. The van der Waals surface area contributed by atoms with Gasteiger partial charge in [-0.05, 0) is 67.2 Å². The summed E-state index contributed by atoms with van der Waals surface area (Å²) >= 11 is 0. The van der Waals surface area contributed by atoms with Crippen LogP contribution in [0.5, 0.6) is 0 Å². The largest absolute Gasteiger partial charge is 0.479 e. The number of ether oxygens (including phenoxy) is 2. The second kappa shape index (κ2) is 17.4. The molecular weight excluding hydrogens is 564 g/mol. The Bertz CT molecular complexity index is 802. The molecule has 8 N–H and O–H groups in total. The van der Waals surface area contributed by atoms with Crippen LogP contribution in [0.3, 0.4) is 0 Å². The topological polar surface area (TPSA) is 255 Å². The molecule has 16 nitrogen and oxygen atoms in total. The van der Waals surface area contributed by atoms with Gasteiger partial charge >= 0.3 is 24.1 Å². The van der Waals surface area contributed by atoms with Crippen molar-refractivity contribution >= 4 is 24.1 Å². The van der Waals surface area contributed by atoms with Crippen LogP contribution in [-0.4, -0.2) is 149 Å². The summed E-state index contributed by atoms with van der Waals surface area (Å²) < 4.78 is 10.5. The number of aliphatic carboxylic acids is 2. The predicted octanol–water partition coefficient (Wildman–Crippen LogP) is -0.644. The number of carbonyl (C=O) groups is 4. The number of nitrogens with zero attached hydrogens (tertiary/aromatic N) is 2. The third-order valence-corrected chi connectivity index (χ3v) is 5.93. The van der Waals surface area contributed by atoms with E-state index in [1.807, 2.05) is 41.5 Å². The Balaban J connectivity index is 0.000000600. The molecule has 16 heteroatoms. The molecule has 6 atom stereocenters. The van der Waals surface area contributed by atoms with E-state index in [-0.39, 0.29) is 37.5 Å². The molecule has 0 bridgehead atoms. The van der Waals surface area contributed by atoms with E-state index in [0.29, 0.717) is 13.1 Å². The van der Waals surface area contributed by atoms with Crippen molar-refractivity contribution in [3.8, 4) is 0 Å². The number of rotatable bonds is 7. The lowest BCUT2D eigenvalue weighted by Crippen LogP contribution is -2.49. The van der Waals surface area contributed by atoms with Gasteiger partial charge in [0.15, 0.2) is 12.2 Å². The van der Waals surface area contributed by atoms with Crippen LogP contribution in [0, 0.1) is 0 Å². The summed E-state index contributed by atoms with van der Waals surface area (Å²) in [7, 11) is 0. The van der Waals surface area contributed by atoms with E-state index >= 15 is 0 Å². The molecule has 0 aromatic heterocycles. The lowest BCUT2D eigenvalue weighted by atomic mass is 10.0. The zero-order chi connectivity index (χ0) is 33.0. The second-order valence-corrected chi connectivity index (χ2v) is 11.9. The Kier molecular flexibility index (Phi) is 16.2. The summed E-state index contributed by atoms with van der Waals surface area (Å²) in [5.74, 6) is -3.68. The van der Waals surface area contributed by atoms with Crippen molar-refractivity contribution in [2.24, 2.45) is 0 Å². The number of hydrogen-bond acceptors (Lipinski definition) is 12. The fraction of sp³-hybridized carbons (Fsp3) is 0.846. The van der Waals surface area contributed by atoms with Gasteiger partial charge in [0.2, 0.25) is 0 Å². The first-order valence-electron chi connectivity index (χ1n) is 13.6. The molecule has 2 rings (SSSR count). The molecule has 0 aromatic carbocycles. The molecule has 2 heterocycles. The number of carboxylic acids is 2. The standard InChI is InChI=1S/2C10H19NO3.C6H10O8/c2*1-10(2,3)14-9(13)11-6-4-5-8(11)7-12;7-1(3(9)5(11)12)2(8)4(10)6(13)14/h2*8,12H,4-7H2,1-3H3;1-4,7-10H,(H,11,12)(H,13,14)/t2*8-;1-,2+,3+,4-/m00./s1. The van der Waals surface area contributed by atoms with Gasteiger partial charge in [-0.15, -0.1) is 0 Å². The number of aliphatic hydroxyl groups excluding tert-OH is 6. The number of hydrogen-bond donors (Lipinski definition) is 8. The Morgan fingerprint density at radius 2 is 0.952 bits per heavy atom. The van der Waals surface area contributed by atoms with E-state index in [9.17, 15) is 19.2 Å². The molecule has 2 amide bonds. The summed E-state index contributed by atoms with van der Waals surface area (Å²) in [4.78, 5) is 46.7. The van der Waals surface area contributed by atoms with Crippen molar-refractivity contribution in [3.63, 3.8) is 0 Å². The van der Waals surface area contributed by atoms with Crippen LogP contribution in [0.25, 0.3) is 0 Å². The first-order valence-corrected chi connectivity index (χ1v) is 13.6. The minimum Gasteiger partial charge on any atom is -0.479 e. The first kappa shape index (κ1) is 39.2. The maximum absolute atomic E-state index is 11.6. The fourth-order valence-electron chi connectivity index (χ4n) is 3.84. The third kappa shape index (κ3) is 13.9. The molecule has 2 saturated heterocycles. The van der Waals surface area contributed by atoms with Gasteiger partial charge in [0.25, 0.3) is 0 Å². The van der Waals surface area contributed by atoms with Gasteiger partial charge < -0.3 is 60.1 Å². The van der Waals surface area contributed by atoms with Crippen LogP contribution in [0.4, 0.5) is 9.59 Å². The molecule has 0 aromatic rings. The van der Waals surface area contributed by atoms with E-state index in [0.717, 1.165) is 25.7 Å². The Morgan fingerprint density at radius 3 is 1.17 bits per heavy atom. The summed E-state index contributed by atoms with van der Waals surface area (Å²) in [6.07, 6.45) is -6.27. The van der Waals surface area contributed by atoms with Crippen molar-refractivity contribution in [1.82, 2.24) is 9.80 Å². The van der Waals surface area contributed by atoms with Crippen molar-refractivity contribution in [3.05, 3.63) is 0 Å². The van der Waals surface area contributed by atoms with Gasteiger partial charge in [0, 0.05) is 13.1 Å². The van der Waals surface area contributed by atoms with Crippen LogP contribution < -0.4 is 0 Å². The molecule has 0 saturated carbocycles. The van der Waals surface area contributed by atoms with Gasteiger partial charge in [-0.1, -0.05) is 0 Å². The van der Waals surface area contributed by atoms with Crippen LogP contribution >= 0.6 is 0 Å². The zero-order valence-corrected chi connectivity index (χ0v) is 25.0. The molecule has 2 aliphatic rings. The van der Waals surface area contributed by atoms with Crippen LogP contribution in [0.1, 0.15) is 67.2 Å². The molecule has 0 radical (unpaired) electrons. The van der Waals surface area contributed by atoms with E-state index in [2.05, 4.69) is 0 Å². The number of aliphatic hydroxyl groups is 6. The Labute approximate surface area is 245 Å². The maximum atomic E-state index is 11.6. The molecule has 0 unspecified atom stereocenters. The SMILES string of the molecule is CC(C)(C)OC(=O)N1CCC[C@H]1CO.CC(C)(C)OC(=O)N1CCC[C@H]1CO.O=C(O)[C@@H](O)[C@H](O)[C@H](O)[C@@H](O)C(=O)O. The molecule has 2 aliphatic heterocycles. The normalized spacial score (nSPS) is 21.5. The summed E-state index contributed by atoms with van der Waals surface area (Å²) in [6, 6.07) is -0.102. The second-order valence-electron chi connectivity index (χ2n) is 11.9. The quantitative estimate of drug-likeness (QED) is 0.178. The summed E-state index contributed by atoms with van der Waals surface area (Å²) in [6.45, 7) is 12.5. The fourth-order valence-corrected chi connectivity index (χ4v) is 3.84. The Hall–Kier alpha value is -2.76. The zero-order valence-electron chi connectivity index (χ0n) is 25.0. The molecule has 2 fully saturated rings. The number of carbonyl (C=O) groups excluding carboxylic acids is 2. The van der Waals surface area contributed by atoms with Gasteiger partial charge in [0.1, 0.15) is 23.4 Å². The molecule has 0 aliphatic carbocycles. The molecule has 0 spiro atoms. The van der Waals surface area contributed by atoms with Crippen molar-refractivity contribution in [2.45, 2.75) is 115 Å². The monoisotopic (exact) mass is 612 g/mol. The highest BCUT2D eigenvalue weighted by Gasteiger charge is 2.37. The highest BCUT2D eigenvalue weighted by Crippen LogP contribution is 2.21. The lowest BCUT2D eigenvalue weighted by molar-refractivity contribution is -0.172. The summed E-state index contributed by atoms with van der Waals surface area (Å²) in [5.41, 5.74) is -0.917. The van der Waals surface area contributed by atoms with E-state index < -0.39 is 47.6 Å². The van der Waals surface area contributed by atoms with Crippen molar-refractivity contribution in [2.75, 3.05) is 26.3 Å². The van der Waals surface area contributed by atoms with Gasteiger partial charge in [-0.3, -0.25) is 0 Å². The van der Waals surface area contributed by atoms with E-state index in [4.69, 9.17) is 50.3 Å². The molecule has 42 heavy (non-hydrogen) atoms. The smallest absolute Gasteiger partial charge is 0.410 e. The maximum Gasteiger partial charge on any atom is 0.410 e. The van der Waals surface area contributed by atoms with Gasteiger partial charge in [0.05, 0.1) is 25.3 Å². The predicted molar refractivity (Wildman–Crippen MR) is 145 cm³/mol. The van der Waals surface area contributed by atoms with Gasteiger partial charge in [-0.25, -0.2) is 19.2 Å². The van der Waals surface area contributed by atoms with Crippen LogP contribution in [0.15, 0.2) is 0 Å². The van der Waals surface area contributed by atoms with Crippen LogP contribution in [0.2, 0.25) is 0 Å². The van der Waals surface area contributed by atoms with E-state index in [1.165, 1.54) is 0 Å². The highest BCUT2D eigenvalue weighted by molar-refractivity contribution is 5.75. The summed E-state index contributed by atoms with van der Waals surface area (Å²) in [5, 5.41) is 69.5.